The molecule has 1 rings (SSSR count). The summed E-state index contributed by atoms with van der Waals surface area (Å²) in [6.45, 7) is 7.05. The summed E-state index contributed by atoms with van der Waals surface area (Å²) in [6, 6.07) is 0.748. The maximum Gasteiger partial charge on any atom is 0.0110 e. The van der Waals surface area contributed by atoms with Gasteiger partial charge in [-0.2, -0.15) is 0 Å². The molecule has 0 heterocycles. The van der Waals surface area contributed by atoms with Gasteiger partial charge in [-0.25, -0.2) is 0 Å². The Morgan fingerprint density at radius 3 is 2.50 bits per heavy atom. The molecule has 1 saturated carbocycles. The third kappa shape index (κ3) is 5.27. The maximum atomic E-state index is 3.83. The molecule has 3 unspecified atom stereocenters. The first-order chi connectivity index (χ1) is 8.69. The lowest BCUT2D eigenvalue weighted by Gasteiger charge is -2.38. The van der Waals surface area contributed by atoms with Crippen LogP contribution in [-0.4, -0.2) is 38.1 Å². The fourth-order valence-corrected chi connectivity index (χ4v) is 3.47. The van der Waals surface area contributed by atoms with Crippen molar-refractivity contribution in [3.05, 3.63) is 0 Å². The summed E-state index contributed by atoms with van der Waals surface area (Å²) in [4.78, 5) is 2.32. The summed E-state index contributed by atoms with van der Waals surface area (Å²) >= 11 is 0. The fraction of sp³-hybridized carbons (Fsp3) is 1.00. The molecule has 1 aliphatic carbocycles. The highest BCUT2D eigenvalue weighted by Gasteiger charge is 2.30. The van der Waals surface area contributed by atoms with Crippen LogP contribution in [0.25, 0.3) is 0 Å². The SMILES string of the molecule is CCCNC(CCN(C)C)C1CCCCC1CC. The van der Waals surface area contributed by atoms with Crippen molar-refractivity contribution in [3.8, 4) is 0 Å². The molecule has 108 valence electrons. The van der Waals surface area contributed by atoms with E-state index < -0.39 is 0 Å². The van der Waals surface area contributed by atoms with E-state index in [-0.39, 0.29) is 0 Å². The topological polar surface area (TPSA) is 15.3 Å². The molecule has 0 aliphatic heterocycles. The van der Waals surface area contributed by atoms with Crippen molar-refractivity contribution in [1.29, 1.82) is 0 Å². The number of rotatable bonds is 8. The molecule has 0 saturated heterocycles. The van der Waals surface area contributed by atoms with Crippen LogP contribution in [0.2, 0.25) is 0 Å². The average Bonchev–Trinajstić information content (AvgIpc) is 2.38. The van der Waals surface area contributed by atoms with Crippen molar-refractivity contribution in [3.63, 3.8) is 0 Å². The number of hydrogen-bond donors (Lipinski definition) is 1. The van der Waals surface area contributed by atoms with Gasteiger partial charge >= 0.3 is 0 Å². The minimum Gasteiger partial charge on any atom is -0.314 e. The molecule has 0 radical (unpaired) electrons. The quantitative estimate of drug-likeness (QED) is 0.713. The standard InChI is InChI=1S/C16H34N2/c1-5-12-17-16(11-13-18(3)4)15-10-8-7-9-14(15)6-2/h14-17H,5-13H2,1-4H3. The van der Waals surface area contributed by atoms with Gasteiger partial charge in [0, 0.05) is 6.04 Å². The number of hydrogen-bond acceptors (Lipinski definition) is 2. The zero-order chi connectivity index (χ0) is 13.4. The molecule has 3 atom stereocenters. The van der Waals surface area contributed by atoms with E-state index in [1.165, 1.54) is 58.0 Å². The smallest absolute Gasteiger partial charge is 0.0110 e. The molecule has 18 heavy (non-hydrogen) atoms. The van der Waals surface area contributed by atoms with Gasteiger partial charge in [0.2, 0.25) is 0 Å². The van der Waals surface area contributed by atoms with Crippen molar-refractivity contribution in [2.45, 2.75) is 64.8 Å². The van der Waals surface area contributed by atoms with E-state index in [2.05, 4.69) is 38.2 Å². The van der Waals surface area contributed by atoms with Crippen molar-refractivity contribution < 1.29 is 0 Å². The van der Waals surface area contributed by atoms with Crippen molar-refractivity contribution in [1.82, 2.24) is 10.2 Å². The van der Waals surface area contributed by atoms with E-state index in [0.717, 1.165) is 17.9 Å². The molecule has 0 aromatic carbocycles. The molecule has 0 aromatic rings. The van der Waals surface area contributed by atoms with Crippen molar-refractivity contribution >= 4 is 0 Å². The summed E-state index contributed by atoms with van der Waals surface area (Å²) in [5, 5.41) is 3.83. The average molecular weight is 254 g/mol. The second-order valence-corrected chi connectivity index (χ2v) is 6.27. The van der Waals surface area contributed by atoms with E-state index in [1.807, 2.05) is 0 Å². The largest absolute Gasteiger partial charge is 0.314 e. The van der Waals surface area contributed by atoms with E-state index in [4.69, 9.17) is 0 Å². The Kier molecular flexibility index (Phi) is 7.92. The van der Waals surface area contributed by atoms with Gasteiger partial charge < -0.3 is 10.2 Å². The molecule has 0 spiro atoms. The van der Waals surface area contributed by atoms with Gasteiger partial charge in [0.05, 0.1) is 0 Å². The van der Waals surface area contributed by atoms with E-state index >= 15 is 0 Å². The normalized spacial score (nSPS) is 26.5. The lowest BCUT2D eigenvalue weighted by atomic mass is 9.73. The van der Waals surface area contributed by atoms with Gasteiger partial charge in [-0.1, -0.05) is 39.5 Å². The number of nitrogens with zero attached hydrogens (tertiary/aromatic N) is 1. The highest BCUT2D eigenvalue weighted by atomic mass is 15.1. The van der Waals surface area contributed by atoms with Crippen LogP contribution >= 0.6 is 0 Å². The summed E-state index contributed by atoms with van der Waals surface area (Å²) in [5.41, 5.74) is 0. The zero-order valence-corrected chi connectivity index (χ0v) is 13.0. The van der Waals surface area contributed by atoms with Gasteiger partial charge in [-0.3, -0.25) is 0 Å². The Morgan fingerprint density at radius 1 is 1.17 bits per heavy atom. The lowest BCUT2D eigenvalue weighted by Crippen LogP contribution is -2.43. The molecule has 0 bridgehead atoms. The fourth-order valence-electron chi connectivity index (χ4n) is 3.47. The molecule has 1 aliphatic rings. The summed E-state index contributed by atoms with van der Waals surface area (Å²) in [5.74, 6) is 1.89. The van der Waals surface area contributed by atoms with Crippen molar-refractivity contribution in [2.24, 2.45) is 11.8 Å². The van der Waals surface area contributed by atoms with Gasteiger partial charge in [0.15, 0.2) is 0 Å². The maximum absolute atomic E-state index is 3.83. The monoisotopic (exact) mass is 254 g/mol. The molecule has 2 nitrogen and oxygen atoms in total. The van der Waals surface area contributed by atoms with E-state index in [0.29, 0.717) is 0 Å². The molecular formula is C16H34N2. The Hall–Kier alpha value is -0.0800. The van der Waals surface area contributed by atoms with Gasteiger partial charge in [-0.15, -0.1) is 0 Å². The van der Waals surface area contributed by atoms with Crippen LogP contribution in [0.5, 0.6) is 0 Å². The second-order valence-electron chi connectivity index (χ2n) is 6.27. The van der Waals surface area contributed by atoms with Crippen LogP contribution in [0.3, 0.4) is 0 Å². The first-order valence-electron chi connectivity index (χ1n) is 8.07. The van der Waals surface area contributed by atoms with Crippen LogP contribution in [0.4, 0.5) is 0 Å². The van der Waals surface area contributed by atoms with Crippen LogP contribution in [0, 0.1) is 11.8 Å². The zero-order valence-electron chi connectivity index (χ0n) is 13.0. The first-order valence-corrected chi connectivity index (χ1v) is 8.07. The molecule has 1 N–H and O–H groups in total. The third-order valence-electron chi connectivity index (χ3n) is 4.55. The third-order valence-corrected chi connectivity index (χ3v) is 4.55. The van der Waals surface area contributed by atoms with Crippen LogP contribution < -0.4 is 5.32 Å². The Labute approximate surface area is 115 Å². The van der Waals surface area contributed by atoms with Crippen LogP contribution in [0.1, 0.15) is 58.8 Å². The highest BCUT2D eigenvalue weighted by molar-refractivity contribution is 4.85. The van der Waals surface area contributed by atoms with Gasteiger partial charge in [-0.05, 0) is 58.3 Å². The summed E-state index contributed by atoms with van der Waals surface area (Å²) in [7, 11) is 4.38. The molecule has 0 amide bonds. The predicted octanol–water partition coefficient (Wildman–Crippen LogP) is 3.52. The van der Waals surface area contributed by atoms with E-state index in [1.54, 1.807) is 0 Å². The molecule has 2 heteroatoms. The highest BCUT2D eigenvalue weighted by Crippen LogP contribution is 2.35. The lowest BCUT2D eigenvalue weighted by molar-refractivity contribution is 0.162. The number of nitrogens with one attached hydrogen (secondary N) is 1. The Bertz CT molecular complexity index is 203. The minimum absolute atomic E-state index is 0.748. The van der Waals surface area contributed by atoms with E-state index in [9.17, 15) is 0 Å². The summed E-state index contributed by atoms with van der Waals surface area (Å²) < 4.78 is 0. The Balaban J connectivity index is 2.54. The summed E-state index contributed by atoms with van der Waals surface area (Å²) in [6.07, 6.45) is 9.77. The van der Waals surface area contributed by atoms with Gasteiger partial charge in [0.25, 0.3) is 0 Å². The Morgan fingerprint density at radius 2 is 1.89 bits per heavy atom. The van der Waals surface area contributed by atoms with Crippen LogP contribution in [-0.2, 0) is 0 Å². The van der Waals surface area contributed by atoms with Crippen LogP contribution in [0.15, 0.2) is 0 Å². The molecular weight excluding hydrogens is 220 g/mol. The van der Waals surface area contributed by atoms with Crippen molar-refractivity contribution in [2.75, 3.05) is 27.2 Å². The second kappa shape index (κ2) is 8.92. The molecule has 0 aromatic heterocycles. The molecule has 1 fully saturated rings. The minimum atomic E-state index is 0.748. The first kappa shape index (κ1) is 16.0. The van der Waals surface area contributed by atoms with Gasteiger partial charge in [0.1, 0.15) is 0 Å². The predicted molar refractivity (Wildman–Crippen MR) is 81.0 cm³/mol.